The van der Waals surface area contributed by atoms with E-state index in [0.717, 1.165) is 0 Å². The highest BCUT2D eigenvalue weighted by Crippen LogP contribution is 2.23. The van der Waals surface area contributed by atoms with E-state index in [1.54, 1.807) is 18.2 Å². The largest absolute Gasteiger partial charge is 0.508 e. The number of hydrogen-bond acceptors (Lipinski definition) is 4. The number of phenols is 2. The van der Waals surface area contributed by atoms with Gasteiger partial charge in [-0.3, -0.25) is 4.79 Å². The Kier molecular flexibility index (Phi) is 3.74. The zero-order valence-corrected chi connectivity index (χ0v) is 8.30. The van der Waals surface area contributed by atoms with Gasteiger partial charge in [-0.1, -0.05) is 12.2 Å². The Balaban J connectivity index is 2.68. The van der Waals surface area contributed by atoms with Gasteiger partial charge in [0.15, 0.2) is 0 Å². The number of phenolic OH excluding ortho intramolecular Hbond substituents is 2. The molecule has 0 aliphatic rings. The van der Waals surface area contributed by atoms with Gasteiger partial charge in [-0.15, -0.1) is 0 Å². The highest BCUT2D eigenvalue weighted by atomic mass is 16.5. The second kappa shape index (κ2) is 5.05. The van der Waals surface area contributed by atoms with Crippen molar-refractivity contribution in [2.75, 3.05) is 7.11 Å². The molecule has 0 aromatic heterocycles. The summed E-state index contributed by atoms with van der Waals surface area (Å²) in [6.07, 6.45) is 3.32. The molecule has 0 saturated heterocycles. The van der Waals surface area contributed by atoms with Crippen LogP contribution in [0.5, 0.6) is 11.5 Å². The molecule has 80 valence electrons. The predicted molar refractivity (Wildman–Crippen MR) is 55.4 cm³/mol. The second-order valence-electron chi connectivity index (χ2n) is 2.93. The third kappa shape index (κ3) is 3.34. The van der Waals surface area contributed by atoms with Crippen molar-refractivity contribution in [2.45, 2.75) is 6.42 Å². The summed E-state index contributed by atoms with van der Waals surface area (Å²) >= 11 is 0. The third-order valence-electron chi connectivity index (χ3n) is 1.82. The SMILES string of the molecule is COC(=O)CC=Cc1ccc(O)cc1O. The molecular weight excluding hydrogens is 196 g/mol. The quantitative estimate of drug-likeness (QED) is 0.741. The van der Waals surface area contributed by atoms with Crippen LogP contribution in [0.3, 0.4) is 0 Å². The van der Waals surface area contributed by atoms with Crippen molar-refractivity contribution in [1.29, 1.82) is 0 Å². The van der Waals surface area contributed by atoms with Crippen LogP contribution >= 0.6 is 0 Å². The number of benzene rings is 1. The molecule has 0 atom stereocenters. The topological polar surface area (TPSA) is 66.8 Å². The van der Waals surface area contributed by atoms with E-state index in [1.807, 2.05) is 0 Å². The number of aromatic hydroxyl groups is 2. The normalized spacial score (nSPS) is 10.5. The fraction of sp³-hybridized carbons (Fsp3) is 0.182. The number of esters is 1. The number of rotatable bonds is 3. The van der Waals surface area contributed by atoms with Gasteiger partial charge in [0, 0.05) is 11.6 Å². The van der Waals surface area contributed by atoms with E-state index >= 15 is 0 Å². The lowest BCUT2D eigenvalue weighted by atomic mass is 10.1. The van der Waals surface area contributed by atoms with Gasteiger partial charge in [-0.25, -0.2) is 0 Å². The average molecular weight is 208 g/mol. The van der Waals surface area contributed by atoms with Crippen LogP contribution in [-0.2, 0) is 9.53 Å². The Hall–Kier alpha value is -1.97. The minimum absolute atomic E-state index is 0.00221. The zero-order valence-electron chi connectivity index (χ0n) is 8.30. The number of carbonyl (C=O) groups is 1. The lowest BCUT2D eigenvalue weighted by Gasteiger charge is -1.99. The summed E-state index contributed by atoms with van der Waals surface area (Å²) in [7, 11) is 1.31. The highest BCUT2D eigenvalue weighted by Gasteiger charge is 1.99. The molecule has 4 nitrogen and oxygen atoms in total. The molecule has 0 aliphatic heterocycles. The fourth-order valence-electron chi connectivity index (χ4n) is 1.04. The van der Waals surface area contributed by atoms with E-state index in [9.17, 15) is 9.90 Å². The highest BCUT2D eigenvalue weighted by molar-refractivity contribution is 5.73. The van der Waals surface area contributed by atoms with Gasteiger partial charge in [-0.05, 0) is 12.1 Å². The first-order chi connectivity index (χ1) is 7.13. The third-order valence-corrected chi connectivity index (χ3v) is 1.82. The number of carbonyl (C=O) groups excluding carboxylic acids is 1. The number of methoxy groups -OCH3 is 1. The van der Waals surface area contributed by atoms with Gasteiger partial charge < -0.3 is 14.9 Å². The number of hydrogen-bond donors (Lipinski definition) is 2. The molecule has 0 radical (unpaired) electrons. The van der Waals surface area contributed by atoms with Crippen molar-refractivity contribution in [2.24, 2.45) is 0 Å². The molecule has 0 saturated carbocycles. The van der Waals surface area contributed by atoms with Crippen LogP contribution in [0.15, 0.2) is 24.3 Å². The van der Waals surface area contributed by atoms with Gasteiger partial charge in [0.1, 0.15) is 11.5 Å². The standard InChI is InChI=1S/C11H12O4/c1-15-11(14)4-2-3-8-5-6-9(12)7-10(8)13/h2-3,5-7,12-13H,4H2,1H3. The zero-order chi connectivity index (χ0) is 11.3. The van der Waals surface area contributed by atoms with Crippen LogP contribution < -0.4 is 0 Å². The molecule has 0 spiro atoms. The molecule has 4 heteroatoms. The molecule has 1 rings (SSSR count). The Morgan fingerprint density at radius 2 is 2.20 bits per heavy atom. The van der Waals surface area contributed by atoms with Gasteiger partial charge in [0.25, 0.3) is 0 Å². The van der Waals surface area contributed by atoms with Crippen molar-refractivity contribution in [3.05, 3.63) is 29.8 Å². The Morgan fingerprint density at radius 1 is 1.47 bits per heavy atom. The Morgan fingerprint density at radius 3 is 2.80 bits per heavy atom. The molecule has 0 heterocycles. The Labute approximate surface area is 87.4 Å². The minimum atomic E-state index is -0.343. The first-order valence-electron chi connectivity index (χ1n) is 4.39. The molecular formula is C11H12O4. The molecule has 0 amide bonds. The summed E-state index contributed by atoms with van der Waals surface area (Å²) in [6.45, 7) is 0. The maximum absolute atomic E-state index is 10.8. The summed E-state index contributed by atoms with van der Waals surface area (Å²) in [6, 6.07) is 4.24. The van der Waals surface area contributed by atoms with E-state index < -0.39 is 0 Å². The number of ether oxygens (including phenoxy) is 1. The van der Waals surface area contributed by atoms with Crippen LogP contribution in [-0.4, -0.2) is 23.3 Å². The van der Waals surface area contributed by atoms with Crippen molar-refractivity contribution in [3.63, 3.8) is 0 Å². The predicted octanol–water partition coefficient (Wildman–Crippen LogP) is 1.67. The summed E-state index contributed by atoms with van der Waals surface area (Å²) < 4.78 is 4.44. The molecule has 1 aromatic rings. The first-order valence-corrected chi connectivity index (χ1v) is 4.39. The van der Waals surface area contributed by atoms with E-state index in [4.69, 9.17) is 5.11 Å². The molecule has 0 aliphatic carbocycles. The van der Waals surface area contributed by atoms with Crippen molar-refractivity contribution in [3.8, 4) is 11.5 Å². The second-order valence-corrected chi connectivity index (χ2v) is 2.93. The van der Waals surface area contributed by atoms with Crippen LogP contribution in [0, 0.1) is 0 Å². The summed E-state index contributed by atoms with van der Waals surface area (Å²) in [5, 5.41) is 18.4. The van der Waals surface area contributed by atoms with Crippen molar-refractivity contribution in [1.82, 2.24) is 0 Å². The summed E-state index contributed by atoms with van der Waals surface area (Å²) in [5.41, 5.74) is 0.539. The maximum atomic E-state index is 10.8. The molecule has 0 unspecified atom stereocenters. The van der Waals surface area contributed by atoms with Gasteiger partial charge >= 0.3 is 5.97 Å². The lowest BCUT2D eigenvalue weighted by molar-refractivity contribution is -0.139. The van der Waals surface area contributed by atoms with Crippen LogP contribution in [0.2, 0.25) is 0 Å². The van der Waals surface area contributed by atoms with Gasteiger partial charge in [-0.2, -0.15) is 0 Å². The van der Waals surface area contributed by atoms with Gasteiger partial charge in [0.05, 0.1) is 13.5 Å². The minimum Gasteiger partial charge on any atom is -0.508 e. The Bertz CT molecular complexity index is 382. The summed E-state index contributed by atoms with van der Waals surface area (Å²) in [4.78, 5) is 10.8. The average Bonchev–Trinajstić information content (AvgIpc) is 2.21. The van der Waals surface area contributed by atoms with Gasteiger partial charge in [0.2, 0.25) is 0 Å². The first kappa shape index (κ1) is 11.1. The smallest absolute Gasteiger partial charge is 0.309 e. The van der Waals surface area contributed by atoms with E-state index in [0.29, 0.717) is 5.56 Å². The van der Waals surface area contributed by atoms with Crippen LogP contribution in [0.4, 0.5) is 0 Å². The molecule has 1 aromatic carbocycles. The van der Waals surface area contributed by atoms with Crippen molar-refractivity contribution >= 4 is 12.0 Å². The molecule has 0 bridgehead atoms. The summed E-state index contributed by atoms with van der Waals surface area (Å²) in [5.74, 6) is -0.377. The lowest BCUT2D eigenvalue weighted by Crippen LogP contribution is -1.96. The van der Waals surface area contributed by atoms with Crippen LogP contribution in [0.25, 0.3) is 6.08 Å². The molecule has 2 N–H and O–H groups in total. The molecule has 15 heavy (non-hydrogen) atoms. The fourth-order valence-corrected chi connectivity index (χ4v) is 1.04. The van der Waals surface area contributed by atoms with Crippen molar-refractivity contribution < 1.29 is 19.7 Å². The van der Waals surface area contributed by atoms with E-state index in [2.05, 4.69) is 4.74 Å². The monoisotopic (exact) mass is 208 g/mol. The molecule has 0 fully saturated rings. The van der Waals surface area contributed by atoms with E-state index in [1.165, 1.54) is 19.2 Å². The van der Waals surface area contributed by atoms with E-state index in [-0.39, 0.29) is 23.9 Å². The maximum Gasteiger partial charge on any atom is 0.309 e. The van der Waals surface area contributed by atoms with Crippen LogP contribution in [0.1, 0.15) is 12.0 Å².